The topological polar surface area (TPSA) is 46.1 Å². The van der Waals surface area contributed by atoms with Crippen molar-refractivity contribution in [2.45, 2.75) is 31.7 Å². The quantitative estimate of drug-likeness (QED) is 0.619. The van der Waals surface area contributed by atoms with Gasteiger partial charge in [-0.15, -0.1) is 23.1 Å². The monoisotopic (exact) mass is 347 g/mol. The number of piperidine rings is 1. The van der Waals surface area contributed by atoms with Crippen molar-refractivity contribution in [3.05, 3.63) is 28.8 Å². The van der Waals surface area contributed by atoms with Crippen molar-refractivity contribution in [1.82, 2.24) is 14.9 Å². The minimum atomic E-state index is 0.0801. The van der Waals surface area contributed by atoms with Crippen LogP contribution in [0.2, 0.25) is 0 Å². The third-order valence-electron chi connectivity index (χ3n) is 4.28. The van der Waals surface area contributed by atoms with Gasteiger partial charge in [-0.05, 0) is 43.4 Å². The highest BCUT2D eigenvalue weighted by Crippen LogP contribution is 2.29. The molecular formula is C17H21N3OS2. The summed E-state index contributed by atoms with van der Waals surface area (Å²) in [4.78, 5) is 25.2. The Bertz CT molecular complexity index is 692. The molecule has 0 spiro atoms. The van der Waals surface area contributed by atoms with Crippen molar-refractivity contribution in [3.8, 4) is 10.7 Å². The number of hydrogen-bond acceptors (Lipinski definition) is 5. The zero-order valence-electron chi connectivity index (χ0n) is 13.7. The molecule has 1 amide bonds. The Balaban J connectivity index is 1.94. The van der Waals surface area contributed by atoms with Gasteiger partial charge in [0, 0.05) is 13.1 Å². The molecule has 0 aromatic carbocycles. The molecular weight excluding hydrogens is 326 g/mol. The molecule has 0 radical (unpaired) electrons. The second-order valence-corrected chi connectivity index (χ2v) is 7.71. The standard InChI is InChI=1S/C17H21N3OS2/c1-11-6-8-20(9-7-11)17(21)14-12(2)18-15(19-16(14)22-3)13-5-4-10-23-13/h4-5,10-11H,6-9H2,1-3H3. The third-order valence-corrected chi connectivity index (χ3v) is 5.82. The highest BCUT2D eigenvalue weighted by atomic mass is 32.2. The zero-order chi connectivity index (χ0) is 16.4. The van der Waals surface area contributed by atoms with Crippen LogP contribution in [0.3, 0.4) is 0 Å². The summed E-state index contributed by atoms with van der Waals surface area (Å²) < 4.78 is 0. The summed E-state index contributed by atoms with van der Waals surface area (Å²) in [7, 11) is 0. The van der Waals surface area contributed by atoms with Gasteiger partial charge in [0.15, 0.2) is 5.82 Å². The average molecular weight is 348 g/mol. The predicted octanol–water partition coefficient (Wildman–Crippen LogP) is 4.11. The molecule has 4 nitrogen and oxygen atoms in total. The summed E-state index contributed by atoms with van der Waals surface area (Å²) in [6.45, 7) is 5.83. The van der Waals surface area contributed by atoms with Crippen molar-refractivity contribution < 1.29 is 4.79 Å². The van der Waals surface area contributed by atoms with Gasteiger partial charge in [-0.1, -0.05) is 13.0 Å². The molecule has 1 aliphatic rings. The molecule has 122 valence electrons. The molecule has 0 saturated carbocycles. The normalized spacial score (nSPS) is 15.9. The lowest BCUT2D eigenvalue weighted by Crippen LogP contribution is -2.38. The van der Waals surface area contributed by atoms with Crippen molar-refractivity contribution >= 4 is 29.0 Å². The number of aromatic nitrogens is 2. The van der Waals surface area contributed by atoms with E-state index in [-0.39, 0.29) is 5.91 Å². The summed E-state index contributed by atoms with van der Waals surface area (Å²) in [6, 6.07) is 4.00. The Hall–Kier alpha value is -1.40. The first-order valence-electron chi connectivity index (χ1n) is 7.86. The molecule has 1 saturated heterocycles. The van der Waals surface area contributed by atoms with Crippen LogP contribution in [0.25, 0.3) is 10.7 Å². The van der Waals surface area contributed by atoms with E-state index in [4.69, 9.17) is 0 Å². The molecule has 0 aliphatic carbocycles. The fraction of sp³-hybridized carbons (Fsp3) is 0.471. The number of thioether (sulfide) groups is 1. The van der Waals surface area contributed by atoms with Crippen LogP contribution in [-0.4, -0.2) is 40.1 Å². The number of likely N-dealkylation sites (tertiary alicyclic amines) is 1. The lowest BCUT2D eigenvalue weighted by Gasteiger charge is -2.31. The first-order valence-corrected chi connectivity index (χ1v) is 9.96. The number of aryl methyl sites for hydroxylation is 1. The van der Waals surface area contributed by atoms with Gasteiger partial charge in [-0.2, -0.15) is 0 Å². The molecule has 3 rings (SSSR count). The van der Waals surface area contributed by atoms with Gasteiger partial charge in [0.2, 0.25) is 0 Å². The second kappa shape index (κ2) is 7.01. The van der Waals surface area contributed by atoms with E-state index in [1.807, 2.05) is 35.6 Å². The predicted molar refractivity (Wildman–Crippen MR) is 96.2 cm³/mol. The van der Waals surface area contributed by atoms with Crippen LogP contribution in [0.4, 0.5) is 0 Å². The lowest BCUT2D eigenvalue weighted by atomic mass is 9.98. The second-order valence-electron chi connectivity index (χ2n) is 5.97. The molecule has 0 bridgehead atoms. The van der Waals surface area contributed by atoms with Crippen LogP contribution in [0.15, 0.2) is 22.5 Å². The number of rotatable bonds is 3. The van der Waals surface area contributed by atoms with Gasteiger partial charge in [-0.25, -0.2) is 9.97 Å². The molecule has 0 atom stereocenters. The van der Waals surface area contributed by atoms with Crippen LogP contribution >= 0.6 is 23.1 Å². The van der Waals surface area contributed by atoms with Crippen LogP contribution in [0.5, 0.6) is 0 Å². The number of amides is 1. The molecule has 0 unspecified atom stereocenters. The number of carbonyl (C=O) groups excluding carboxylic acids is 1. The molecule has 23 heavy (non-hydrogen) atoms. The van der Waals surface area contributed by atoms with Crippen LogP contribution in [-0.2, 0) is 0 Å². The SMILES string of the molecule is CSc1nc(-c2cccs2)nc(C)c1C(=O)N1CCC(C)CC1. The van der Waals surface area contributed by atoms with Crippen LogP contribution in [0.1, 0.15) is 35.8 Å². The molecule has 2 aromatic heterocycles. The van der Waals surface area contributed by atoms with Crippen molar-refractivity contribution in [1.29, 1.82) is 0 Å². The van der Waals surface area contributed by atoms with E-state index in [0.29, 0.717) is 17.3 Å². The molecule has 3 heterocycles. The number of thiophene rings is 1. The summed E-state index contributed by atoms with van der Waals surface area (Å²) in [5.41, 5.74) is 1.45. The van der Waals surface area contributed by atoms with E-state index >= 15 is 0 Å². The van der Waals surface area contributed by atoms with Gasteiger partial charge < -0.3 is 4.90 Å². The minimum Gasteiger partial charge on any atom is -0.338 e. The highest BCUT2D eigenvalue weighted by Gasteiger charge is 2.26. The number of nitrogens with zero attached hydrogens (tertiary/aromatic N) is 3. The fourth-order valence-electron chi connectivity index (χ4n) is 2.83. The Morgan fingerprint density at radius 2 is 2.09 bits per heavy atom. The largest absolute Gasteiger partial charge is 0.338 e. The first kappa shape index (κ1) is 16.5. The number of carbonyl (C=O) groups is 1. The molecule has 1 aliphatic heterocycles. The lowest BCUT2D eigenvalue weighted by molar-refractivity contribution is 0.0691. The number of hydrogen-bond donors (Lipinski definition) is 0. The molecule has 0 N–H and O–H groups in total. The Kier molecular flexibility index (Phi) is 5.02. The maximum Gasteiger partial charge on any atom is 0.258 e. The molecule has 6 heteroatoms. The van der Waals surface area contributed by atoms with Gasteiger partial charge in [0.05, 0.1) is 16.1 Å². The maximum absolute atomic E-state index is 12.9. The third kappa shape index (κ3) is 3.43. The van der Waals surface area contributed by atoms with E-state index in [2.05, 4.69) is 16.9 Å². The average Bonchev–Trinajstić information content (AvgIpc) is 3.08. The molecule has 2 aromatic rings. The Morgan fingerprint density at radius 3 is 2.70 bits per heavy atom. The first-order chi connectivity index (χ1) is 11.1. The Morgan fingerprint density at radius 1 is 1.35 bits per heavy atom. The van der Waals surface area contributed by atoms with Crippen LogP contribution in [0, 0.1) is 12.8 Å². The van der Waals surface area contributed by atoms with E-state index in [0.717, 1.165) is 41.5 Å². The van der Waals surface area contributed by atoms with Gasteiger partial charge >= 0.3 is 0 Å². The van der Waals surface area contributed by atoms with Crippen LogP contribution < -0.4 is 0 Å². The van der Waals surface area contributed by atoms with Crippen molar-refractivity contribution in [2.75, 3.05) is 19.3 Å². The minimum absolute atomic E-state index is 0.0801. The van der Waals surface area contributed by atoms with Gasteiger partial charge in [0.1, 0.15) is 5.03 Å². The summed E-state index contributed by atoms with van der Waals surface area (Å²) in [5.74, 6) is 1.50. The molecule has 1 fully saturated rings. The maximum atomic E-state index is 12.9. The van der Waals surface area contributed by atoms with Crippen molar-refractivity contribution in [3.63, 3.8) is 0 Å². The van der Waals surface area contributed by atoms with E-state index in [9.17, 15) is 4.79 Å². The summed E-state index contributed by atoms with van der Waals surface area (Å²) in [6.07, 6.45) is 4.12. The summed E-state index contributed by atoms with van der Waals surface area (Å²) in [5, 5.41) is 2.80. The Labute approximate surface area is 145 Å². The fourth-order valence-corrected chi connectivity index (χ4v) is 4.10. The van der Waals surface area contributed by atoms with E-state index in [1.165, 1.54) is 11.8 Å². The van der Waals surface area contributed by atoms with Gasteiger partial charge in [0.25, 0.3) is 5.91 Å². The van der Waals surface area contributed by atoms with E-state index in [1.54, 1.807) is 11.3 Å². The van der Waals surface area contributed by atoms with Crippen molar-refractivity contribution in [2.24, 2.45) is 5.92 Å². The highest BCUT2D eigenvalue weighted by molar-refractivity contribution is 7.98. The van der Waals surface area contributed by atoms with Gasteiger partial charge in [-0.3, -0.25) is 4.79 Å². The smallest absolute Gasteiger partial charge is 0.258 e. The van der Waals surface area contributed by atoms with E-state index < -0.39 is 0 Å². The summed E-state index contributed by atoms with van der Waals surface area (Å²) >= 11 is 3.14. The zero-order valence-corrected chi connectivity index (χ0v) is 15.3.